The Kier molecular flexibility index (Phi) is 6.92. The molecule has 0 fully saturated rings. The lowest BCUT2D eigenvalue weighted by Gasteiger charge is -2.30. The highest BCUT2D eigenvalue weighted by Crippen LogP contribution is 2.34. The summed E-state index contributed by atoms with van der Waals surface area (Å²) < 4.78 is 10.2. The van der Waals surface area contributed by atoms with E-state index in [0.717, 1.165) is 5.56 Å². The average molecular weight is 292 g/mol. The monoisotopic (exact) mass is 292 g/mol. The molecule has 1 aromatic carbocycles. The van der Waals surface area contributed by atoms with Gasteiger partial charge in [-0.25, -0.2) is 0 Å². The summed E-state index contributed by atoms with van der Waals surface area (Å²) in [5.41, 5.74) is 0.0968. The van der Waals surface area contributed by atoms with Crippen molar-refractivity contribution in [3.63, 3.8) is 0 Å². The van der Waals surface area contributed by atoms with Gasteiger partial charge in [0.15, 0.2) is 0 Å². The first-order valence-corrected chi connectivity index (χ1v) is 7.49. The van der Waals surface area contributed by atoms with E-state index in [0.29, 0.717) is 26.1 Å². The van der Waals surface area contributed by atoms with Gasteiger partial charge in [-0.2, -0.15) is 0 Å². The van der Waals surface area contributed by atoms with E-state index < -0.39 is 5.41 Å². The molecule has 0 heterocycles. The summed E-state index contributed by atoms with van der Waals surface area (Å²) in [6.07, 6.45) is 1.18. The summed E-state index contributed by atoms with van der Waals surface area (Å²) >= 11 is 0. The molecule has 0 bridgehead atoms. The second kappa shape index (κ2) is 8.45. The molecule has 0 aliphatic rings. The van der Waals surface area contributed by atoms with Crippen LogP contribution in [0.1, 0.15) is 45.6 Å². The largest absolute Gasteiger partial charge is 0.466 e. The first-order valence-electron chi connectivity index (χ1n) is 7.49. The van der Waals surface area contributed by atoms with Crippen LogP contribution in [0.4, 0.5) is 0 Å². The highest BCUT2D eigenvalue weighted by Gasteiger charge is 2.40. The molecule has 0 saturated heterocycles. The minimum absolute atomic E-state index is 0.204. The number of ether oxygens (including phenoxy) is 2. The van der Waals surface area contributed by atoms with E-state index in [1.165, 1.54) is 0 Å². The SMILES string of the molecule is CCOC(=O)CC[C@](CC)(C(=O)OCC)c1ccccc1. The molecule has 0 aliphatic heterocycles. The average Bonchev–Trinajstić information content (AvgIpc) is 2.50. The molecule has 0 saturated carbocycles. The molecule has 1 aromatic rings. The van der Waals surface area contributed by atoms with Gasteiger partial charge in [0.25, 0.3) is 0 Å². The molecule has 0 aliphatic carbocycles. The maximum Gasteiger partial charge on any atom is 0.316 e. The third-order valence-electron chi connectivity index (χ3n) is 3.66. The summed E-state index contributed by atoms with van der Waals surface area (Å²) in [5.74, 6) is -0.557. The summed E-state index contributed by atoms with van der Waals surface area (Å²) in [4.78, 5) is 24.1. The molecular formula is C17H24O4. The minimum Gasteiger partial charge on any atom is -0.466 e. The van der Waals surface area contributed by atoms with Crippen LogP contribution in [0.15, 0.2) is 30.3 Å². The van der Waals surface area contributed by atoms with Crippen LogP contribution in [0.5, 0.6) is 0 Å². The molecule has 1 rings (SSSR count). The molecular weight excluding hydrogens is 268 g/mol. The van der Waals surface area contributed by atoms with Gasteiger partial charge in [0.2, 0.25) is 0 Å². The van der Waals surface area contributed by atoms with Crippen LogP contribution in [-0.2, 0) is 24.5 Å². The summed E-state index contributed by atoms with van der Waals surface area (Å²) in [5, 5.41) is 0. The fraction of sp³-hybridized carbons (Fsp3) is 0.529. The fourth-order valence-electron chi connectivity index (χ4n) is 2.46. The number of carbonyl (C=O) groups is 2. The Hall–Kier alpha value is -1.84. The van der Waals surface area contributed by atoms with Gasteiger partial charge in [-0.05, 0) is 32.3 Å². The van der Waals surface area contributed by atoms with Crippen LogP contribution in [0.3, 0.4) is 0 Å². The van der Waals surface area contributed by atoms with Gasteiger partial charge < -0.3 is 9.47 Å². The quantitative estimate of drug-likeness (QED) is 0.690. The van der Waals surface area contributed by atoms with Crippen molar-refractivity contribution in [1.29, 1.82) is 0 Å². The predicted molar refractivity (Wildman–Crippen MR) is 80.9 cm³/mol. The molecule has 1 atom stereocenters. The normalized spacial score (nSPS) is 13.3. The van der Waals surface area contributed by atoms with E-state index in [1.54, 1.807) is 13.8 Å². The van der Waals surface area contributed by atoms with Crippen molar-refractivity contribution in [3.8, 4) is 0 Å². The second-order valence-electron chi connectivity index (χ2n) is 4.83. The molecule has 4 heteroatoms. The van der Waals surface area contributed by atoms with Crippen LogP contribution >= 0.6 is 0 Å². The lowest BCUT2D eigenvalue weighted by atomic mass is 9.74. The first-order chi connectivity index (χ1) is 10.1. The molecule has 0 unspecified atom stereocenters. The Balaban J connectivity index is 3.03. The number of hydrogen-bond acceptors (Lipinski definition) is 4. The van der Waals surface area contributed by atoms with Crippen molar-refractivity contribution < 1.29 is 19.1 Å². The molecule has 0 amide bonds. The molecule has 21 heavy (non-hydrogen) atoms. The Morgan fingerprint density at radius 3 is 2.14 bits per heavy atom. The van der Waals surface area contributed by atoms with Gasteiger partial charge in [-0.3, -0.25) is 9.59 Å². The second-order valence-corrected chi connectivity index (χ2v) is 4.83. The zero-order chi connectivity index (χ0) is 15.7. The number of esters is 2. The van der Waals surface area contributed by atoms with Gasteiger partial charge in [0.05, 0.1) is 18.6 Å². The molecule has 0 spiro atoms. The Labute approximate surface area is 126 Å². The Morgan fingerprint density at radius 2 is 1.62 bits per heavy atom. The van der Waals surface area contributed by atoms with Crippen LogP contribution in [0.2, 0.25) is 0 Å². The fourth-order valence-corrected chi connectivity index (χ4v) is 2.46. The summed E-state index contributed by atoms with van der Waals surface area (Å²) in [6.45, 7) is 6.17. The van der Waals surface area contributed by atoms with E-state index in [1.807, 2.05) is 37.3 Å². The smallest absolute Gasteiger partial charge is 0.316 e. The molecule has 0 N–H and O–H groups in total. The van der Waals surface area contributed by atoms with Crippen molar-refractivity contribution in [2.45, 2.75) is 45.4 Å². The van der Waals surface area contributed by atoms with Crippen molar-refractivity contribution >= 4 is 11.9 Å². The van der Waals surface area contributed by atoms with E-state index >= 15 is 0 Å². The van der Waals surface area contributed by atoms with Crippen molar-refractivity contribution in [2.75, 3.05) is 13.2 Å². The third-order valence-corrected chi connectivity index (χ3v) is 3.66. The van der Waals surface area contributed by atoms with Gasteiger partial charge >= 0.3 is 11.9 Å². The van der Waals surface area contributed by atoms with E-state index in [9.17, 15) is 9.59 Å². The Bertz CT molecular complexity index is 455. The van der Waals surface area contributed by atoms with Crippen molar-refractivity contribution in [1.82, 2.24) is 0 Å². The van der Waals surface area contributed by atoms with Crippen LogP contribution in [-0.4, -0.2) is 25.2 Å². The van der Waals surface area contributed by atoms with E-state index in [-0.39, 0.29) is 18.4 Å². The summed E-state index contributed by atoms with van der Waals surface area (Å²) in [7, 11) is 0. The van der Waals surface area contributed by atoms with Gasteiger partial charge in [0.1, 0.15) is 0 Å². The number of benzene rings is 1. The number of hydrogen-bond donors (Lipinski definition) is 0. The summed E-state index contributed by atoms with van der Waals surface area (Å²) in [6, 6.07) is 9.50. The highest BCUT2D eigenvalue weighted by molar-refractivity contribution is 5.84. The zero-order valence-electron chi connectivity index (χ0n) is 13.1. The van der Waals surface area contributed by atoms with E-state index in [2.05, 4.69) is 0 Å². The molecule has 4 nitrogen and oxygen atoms in total. The first kappa shape index (κ1) is 17.2. The predicted octanol–water partition coefficient (Wildman–Crippen LogP) is 3.24. The van der Waals surface area contributed by atoms with Gasteiger partial charge in [-0.1, -0.05) is 37.3 Å². The van der Waals surface area contributed by atoms with Crippen LogP contribution in [0, 0.1) is 0 Å². The van der Waals surface area contributed by atoms with E-state index in [4.69, 9.17) is 9.47 Å². The van der Waals surface area contributed by atoms with Gasteiger partial charge in [0, 0.05) is 6.42 Å². The number of rotatable bonds is 8. The maximum atomic E-state index is 12.5. The molecule has 0 radical (unpaired) electrons. The third kappa shape index (κ3) is 4.31. The Morgan fingerprint density at radius 1 is 1.00 bits per heavy atom. The lowest BCUT2D eigenvalue weighted by Crippen LogP contribution is -2.37. The van der Waals surface area contributed by atoms with Gasteiger partial charge in [-0.15, -0.1) is 0 Å². The molecule has 116 valence electrons. The standard InChI is InChI=1S/C17H24O4/c1-4-17(16(19)21-6-3,13-12-15(18)20-5-2)14-10-8-7-9-11-14/h7-11H,4-6,12-13H2,1-3H3/t17-/m0/s1. The van der Waals surface area contributed by atoms with Crippen molar-refractivity contribution in [2.24, 2.45) is 0 Å². The lowest BCUT2D eigenvalue weighted by molar-refractivity contribution is -0.151. The maximum absolute atomic E-state index is 12.5. The van der Waals surface area contributed by atoms with Crippen LogP contribution < -0.4 is 0 Å². The molecule has 0 aromatic heterocycles. The van der Waals surface area contributed by atoms with Crippen molar-refractivity contribution in [3.05, 3.63) is 35.9 Å². The topological polar surface area (TPSA) is 52.6 Å². The minimum atomic E-state index is -0.788. The zero-order valence-corrected chi connectivity index (χ0v) is 13.1. The number of carbonyl (C=O) groups excluding carboxylic acids is 2. The van der Waals surface area contributed by atoms with Crippen LogP contribution in [0.25, 0.3) is 0 Å². The highest BCUT2D eigenvalue weighted by atomic mass is 16.5.